The van der Waals surface area contributed by atoms with Crippen LogP contribution >= 0.6 is 0 Å². The van der Waals surface area contributed by atoms with Crippen LogP contribution in [0.15, 0.2) is 36.4 Å². The predicted molar refractivity (Wildman–Crippen MR) is 69.8 cm³/mol. The summed E-state index contributed by atoms with van der Waals surface area (Å²) < 4.78 is 39.4. The maximum Gasteiger partial charge on any atom is 0.228 e. The van der Waals surface area contributed by atoms with Crippen LogP contribution in [-0.4, -0.2) is 5.91 Å². The Labute approximate surface area is 118 Å². The van der Waals surface area contributed by atoms with Crippen molar-refractivity contribution in [3.8, 4) is 6.07 Å². The Bertz CT molecular complexity index is 738. The molecule has 0 radical (unpaired) electrons. The van der Waals surface area contributed by atoms with Gasteiger partial charge in [0.2, 0.25) is 5.91 Å². The van der Waals surface area contributed by atoms with Crippen molar-refractivity contribution in [2.45, 2.75) is 6.42 Å². The van der Waals surface area contributed by atoms with Gasteiger partial charge in [0, 0.05) is 5.56 Å². The first-order chi connectivity index (χ1) is 10.0. The van der Waals surface area contributed by atoms with Crippen LogP contribution in [0.2, 0.25) is 0 Å². The lowest BCUT2D eigenvalue weighted by atomic mass is 10.1. The molecule has 1 N–H and O–H groups in total. The topological polar surface area (TPSA) is 52.9 Å². The van der Waals surface area contributed by atoms with Crippen LogP contribution in [0.4, 0.5) is 18.9 Å². The summed E-state index contributed by atoms with van der Waals surface area (Å²) in [6.07, 6.45) is -0.397. The zero-order valence-electron chi connectivity index (χ0n) is 10.7. The molecule has 0 aliphatic rings. The van der Waals surface area contributed by atoms with E-state index in [0.29, 0.717) is 0 Å². The minimum absolute atomic E-state index is 0.0527. The molecule has 1 amide bonds. The van der Waals surface area contributed by atoms with Crippen molar-refractivity contribution in [2.75, 3.05) is 5.32 Å². The summed E-state index contributed by atoms with van der Waals surface area (Å²) in [5, 5.41) is 11.2. The maximum absolute atomic E-state index is 13.4. The van der Waals surface area contributed by atoms with Crippen LogP contribution in [0, 0.1) is 28.8 Å². The molecule has 0 aliphatic carbocycles. The van der Waals surface area contributed by atoms with Crippen LogP contribution < -0.4 is 5.32 Å². The predicted octanol–water partition coefficient (Wildman–Crippen LogP) is 3.16. The molecular weight excluding hydrogens is 281 g/mol. The Kier molecular flexibility index (Phi) is 4.24. The largest absolute Gasteiger partial charge is 0.325 e. The van der Waals surface area contributed by atoms with Gasteiger partial charge >= 0.3 is 0 Å². The molecule has 2 aromatic carbocycles. The molecule has 0 atom stereocenters. The number of amides is 1. The van der Waals surface area contributed by atoms with E-state index in [9.17, 15) is 18.0 Å². The van der Waals surface area contributed by atoms with Crippen LogP contribution in [-0.2, 0) is 11.2 Å². The van der Waals surface area contributed by atoms with E-state index in [-0.39, 0.29) is 16.8 Å². The van der Waals surface area contributed by atoms with Crippen molar-refractivity contribution in [2.24, 2.45) is 0 Å². The van der Waals surface area contributed by atoms with Crippen LogP contribution in [0.1, 0.15) is 11.1 Å². The minimum Gasteiger partial charge on any atom is -0.325 e. The van der Waals surface area contributed by atoms with Crippen LogP contribution in [0.25, 0.3) is 0 Å². The number of hydrogen-bond donors (Lipinski definition) is 1. The number of nitrogens with zero attached hydrogens (tertiary/aromatic N) is 1. The van der Waals surface area contributed by atoms with E-state index in [4.69, 9.17) is 5.26 Å². The number of halogens is 3. The normalized spacial score (nSPS) is 10.0. The number of nitriles is 1. The smallest absolute Gasteiger partial charge is 0.228 e. The molecule has 21 heavy (non-hydrogen) atoms. The van der Waals surface area contributed by atoms with Crippen molar-refractivity contribution >= 4 is 11.6 Å². The van der Waals surface area contributed by atoms with Gasteiger partial charge in [-0.3, -0.25) is 4.79 Å². The van der Waals surface area contributed by atoms with Crippen molar-refractivity contribution in [1.29, 1.82) is 5.26 Å². The van der Waals surface area contributed by atoms with Gasteiger partial charge in [-0.15, -0.1) is 0 Å². The van der Waals surface area contributed by atoms with Crippen LogP contribution in [0.3, 0.4) is 0 Å². The number of hydrogen-bond acceptors (Lipinski definition) is 2. The molecule has 3 nitrogen and oxygen atoms in total. The van der Waals surface area contributed by atoms with Crippen molar-refractivity contribution in [1.82, 2.24) is 0 Å². The first-order valence-corrected chi connectivity index (χ1v) is 5.93. The van der Waals surface area contributed by atoms with E-state index in [2.05, 4.69) is 5.32 Å². The summed E-state index contributed by atoms with van der Waals surface area (Å²) in [7, 11) is 0. The standard InChI is InChI=1S/C15H9F3N2O/c16-11-4-5-13(10(6-11)8-19)20-14(21)7-9-2-1-3-12(17)15(9)18/h1-6H,7H2,(H,20,21). The first kappa shape index (κ1) is 14.6. The summed E-state index contributed by atoms with van der Waals surface area (Å²) in [5.74, 6) is -3.38. The molecule has 106 valence electrons. The van der Waals surface area contributed by atoms with E-state index in [1.165, 1.54) is 18.2 Å². The molecule has 0 saturated heterocycles. The molecule has 0 fully saturated rings. The minimum atomic E-state index is -1.09. The molecule has 6 heteroatoms. The van der Waals surface area contributed by atoms with Crippen molar-refractivity contribution < 1.29 is 18.0 Å². The van der Waals surface area contributed by atoms with Gasteiger partial charge in [0.25, 0.3) is 0 Å². The molecule has 0 unspecified atom stereocenters. The van der Waals surface area contributed by atoms with E-state index in [1.807, 2.05) is 0 Å². The quantitative estimate of drug-likeness (QED) is 0.944. The molecule has 0 spiro atoms. The van der Waals surface area contributed by atoms with Gasteiger partial charge < -0.3 is 5.32 Å². The van der Waals surface area contributed by atoms with Gasteiger partial charge in [0.15, 0.2) is 11.6 Å². The first-order valence-electron chi connectivity index (χ1n) is 5.93. The Morgan fingerprint density at radius 1 is 1.19 bits per heavy atom. The second kappa shape index (κ2) is 6.09. The zero-order chi connectivity index (χ0) is 15.4. The SMILES string of the molecule is N#Cc1cc(F)ccc1NC(=O)Cc1cccc(F)c1F. The highest BCUT2D eigenvalue weighted by Crippen LogP contribution is 2.17. The summed E-state index contributed by atoms with van der Waals surface area (Å²) >= 11 is 0. The number of anilines is 1. The number of carbonyl (C=O) groups is 1. The molecule has 0 aromatic heterocycles. The average Bonchev–Trinajstić information content (AvgIpc) is 2.45. The van der Waals surface area contributed by atoms with Gasteiger partial charge in [-0.25, -0.2) is 13.2 Å². The lowest BCUT2D eigenvalue weighted by molar-refractivity contribution is -0.115. The zero-order valence-corrected chi connectivity index (χ0v) is 10.7. The van der Waals surface area contributed by atoms with E-state index >= 15 is 0 Å². The summed E-state index contributed by atoms with van der Waals surface area (Å²) in [6, 6.07) is 8.55. The highest BCUT2D eigenvalue weighted by molar-refractivity contribution is 5.93. The second-order valence-electron chi connectivity index (χ2n) is 4.24. The third-order valence-electron chi connectivity index (χ3n) is 2.76. The highest BCUT2D eigenvalue weighted by Gasteiger charge is 2.13. The Morgan fingerprint density at radius 3 is 2.67 bits per heavy atom. The fraction of sp³-hybridized carbons (Fsp3) is 0.0667. The average molecular weight is 290 g/mol. The van der Waals surface area contributed by atoms with Gasteiger partial charge in [-0.1, -0.05) is 12.1 Å². The van der Waals surface area contributed by atoms with Crippen molar-refractivity contribution in [3.63, 3.8) is 0 Å². The third-order valence-corrected chi connectivity index (χ3v) is 2.76. The van der Waals surface area contributed by atoms with Gasteiger partial charge in [-0.2, -0.15) is 5.26 Å². The molecular formula is C15H9F3N2O. The molecule has 0 heterocycles. The summed E-state index contributed by atoms with van der Waals surface area (Å²) in [4.78, 5) is 11.8. The number of nitrogens with one attached hydrogen (secondary N) is 1. The van der Waals surface area contributed by atoms with E-state index < -0.39 is 29.8 Å². The monoisotopic (exact) mass is 290 g/mol. The fourth-order valence-corrected chi connectivity index (χ4v) is 1.77. The Morgan fingerprint density at radius 2 is 1.95 bits per heavy atom. The Hall–Kier alpha value is -2.81. The fourth-order valence-electron chi connectivity index (χ4n) is 1.77. The highest BCUT2D eigenvalue weighted by atomic mass is 19.2. The van der Waals surface area contributed by atoms with Crippen molar-refractivity contribution in [3.05, 3.63) is 65.0 Å². The third kappa shape index (κ3) is 3.39. The lowest BCUT2D eigenvalue weighted by Crippen LogP contribution is -2.16. The molecule has 0 bridgehead atoms. The lowest BCUT2D eigenvalue weighted by Gasteiger charge is -2.08. The second-order valence-corrected chi connectivity index (χ2v) is 4.24. The molecule has 2 aromatic rings. The summed E-state index contributed by atoms with van der Waals surface area (Å²) in [5.41, 5.74) is -0.0445. The maximum atomic E-state index is 13.4. The number of rotatable bonds is 3. The van der Waals surface area contributed by atoms with Gasteiger partial charge in [0.1, 0.15) is 11.9 Å². The van der Waals surface area contributed by atoms with Crippen LogP contribution in [0.5, 0.6) is 0 Å². The number of carbonyl (C=O) groups excluding carboxylic acids is 1. The van der Waals surface area contributed by atoms with E-state index in [0.717, 1.165) is 18.2 Å². The number of benzene rings is 2. The van der Waals surface area contributed by atoms with Gasteiger partial charge in [0.05, 0.1) is 17.7 Å². The molecule has 2 rings (SSSR count). The van der Waals surface area contributed by atoms with Gasteiger partial charge in [-0.05, 0) is 24.3 Å². The Balaban J connectivity index is 2.16. The van der Waals surface area contributed by atoms with E-state index in [1.54, 1.807) is 6.07 Å². The summed E-state index contributed by atoms with van der Waals surface area (Å²) in [6.45, 7) is 0. The molecule has 0 saturated carbocycles. The molecule has 0 aliphatic heterocycles.